The van der Waals surface area contributed by atoms with Crippen molar-refractivity contribution in [3.8, 4) is 0 Å². The van der Waals surface area contributed by atoms with Crippen LogP contribution in [0.3, 0.4) is 0 Å². The molecular formula is C9H12BrNO. The van der Waals surface area contributed by atoms with E-state index in [1.54, 1.807) is 6.07 Å². The average molecular weight is 230 g/mol. The van der Waals surface area contributed by atoms with Gasteiger partial charge in [-0.05, 0) is 12.5 Å². The third kappa shape index (κ3) is 2.43. The Bertz CT molecular complexity index is 273. The Morgan fingerprint density at radius 1 is 1.42 bits per heavy atom. The summed E-state index contributed by atoms with van der Waals surface area (Å²) in [4.78, 5) is 11.1. The van der Waals surface area contributed by atoms with Crippen LogP contribution in [0.25, 0.3) is 0 Å². The third-order valence-corrected chi connectivity index (χ3v) is 1.63. The van der Waals surface area contributed by atoms with E-state index in [1.807, 2.05) is 25.1 Å². The molecule has 0 spiro atoms. The largest absolute Gasteiger partial charge is 0.324 e. The molecule has 66 valence electrons. The topological polar surface area (TPSA) is 43.1 Å². The van der Waals surface area contributed by atoms with E-state index in [0.29, 0.717) is 0 Å². The highest BCUT2D eigenvalue weighted by Gasteiger charge is 2.04. The molecule has 0 heterocycles. The van der Waals surface area contributed by atoms with Crippen LogP contribution in [-0.4, -0.2) is 12.3 Å². The van der Waals surface area contributed by atoms with Crippen molar-refractivity contribution < 1.29 is 4.79 Å². The van der Waals surface area contributed by atoms with Gasteiger partial charge in [-0.2, -0.15) is 0 Å². The fraction of sp³-hybridized carbons (Fsp3) is 0.222. The maximum absolute atomic E-state index is 11.1. The second-order valence-corrected chi connectivity index (χ2v) is 2.44. The number of rotatable bonds is 2. The number of ketones is 1. The summed E-state index contributed by atoms with van der Waals surface area (Å²) in [5.41, 5.74) is 6.94. The van der Waals surface area contributed by atoms with Gasteiger partial charge in [-0.3, -0.25) is 4.79 Å². The molecule has 0 saturated carbocycles. The lowest BCUT2D eigenvalue weighted by atomic mass is 10.1. The van der Waals surface area contributed by atoms with Crippen molar-refractivity contribution in [1.82, 2.24) is 0 Å². The molecule has 0 radical (unpaired) electrons. The van der Waals surface area contributed by atoms with Gasteiger partial charge in [-0.1, -0.05) is 24.3 Å². The summed E-state index contributed by atoms with van der Waals surface area (Å²) in [7, 11) is 0. The van der Waals surface area contributed by atoms with Crippen molar-refractivity contribution in [1.29, 1.82) is 0 Å². The highest BCUT2D eigenvalue weighted by Crippen LogP contribution is 2.06. The molecule has 0 bridgehead atoms. The number of carbonyl (C=O) groups excluding carboxylic acids is 1. The molecule has 0 saturated heterocycles. The van der Waals surface area contributed by atoms with Crippen LogP contribution in [0.1, 0.15) is 15.9 Å². The van der Waals surface area contributed by atoms with E-state index < -0.39 is 0 Å². The van der Waals surface area contributed by atoms with E-state index in [-0.39, 0.29) is 29.3 Å². The van der Waals surface area contributed by atoms with Crippen molar-refractivity contribution in [2.75, 3.05) is 6.54 Å². The van der Waals surface area contributed by atoms with Crippen LogP contribution in [0.2, 0.25) is 0 Å². The van der Waals surface area contributed by atoms with Crippen molar-refractivity contribution >= 4 is 22.8 Å². The Balaban J connectivity index is 0.00000121. The number of Topliss-reactive ketones (excluding diaryl/α,β-unsaturated/α-hetero) is 1. The first kappa shape index (κ1) is 11.3. The SMILES string of the molecule is Br.Cc1ccccc1C(=O)CN. The lowest BCUT2D eigenvalue weighted by molar-refractivity contribution is 0.100. The molecule has 2 N–H and O–H groups in total. The summed E-state index contributed by atoms with van der Waals surface area (Å²) in [5.74, 6) is 0.00287. The van der Waals surface area contributed by atoms with Gasteiger partial charge in [-0.25, -0.2) is 0 Å². The molecule has 1 aromatic rings. The summed E-state index contributed by atoms with van der Waals surface area (Å²) < 4.78 is 0. The third-order valence-electron chi connectivity index (χ3n) is 1.63. The van der Waals surface area contributed by atoms with Crippen LogP contribution in [0.4, 0.5) is 0 Å². The number of carbonyl (C=O) groups is 1. The minimum Gasteiger partial charge on any atom is -0.324 e. The minimum atomic E-state index is 0. The number of halogens is 1. The maximum atomic E-state index is 11.1. The molecule has 0 aromatic heterocycles. The Kier molecular flexibility index (Phi) is 4.78. The lowest BCUT2D eigenvalue weighted by Crippen LogP contribution is -2.14. The molecular weight excluding hydrogens is 218 g/mol. The number of benzene rings is 1. The molecule has 0 unspecified atom stereocenters. The van der Waals surface area contributed by atoms with Gasteiger partial charge in [0, 0.05) is 5.56 Å². The molecule has 0 fully saturated rings. The lowest BCUT2D eigenvalue weighted by Gasteiger charge is -2.00. The van der Waals surface area contributed by atoms with E-state index >= 15 is 0 Å². The van der Waals surface area contributed by atoms with Gasteiger partial charge in [0.05, 0.1) is 6.54 Å². The molecule has 1 aromatic carbocycles. The second kappa shape index (κ2) is 5.06. The summed E-state index contributed by atoms with van der Waals surface area (Å²) in [6.07, 6.45) is 0. The Morgan fingerprint density at radius 2 is 2.00 bits per heavy atom. The first-order valence-electron chi connectivity index (χ1n) is 3.54. The Hall–Kier alpha value is -0.670. The molecule has 0 aliphatic rings. The van der Waals surface area contributed by atoms with Crippen molar-refractivity contribution in [3.63, 3.8) is 0 Å². The zero-order chi connectivity index (χ0) is 8.27. The van der Waals surface area contributed by atoms with Gasteiger partial charge in [0.1, 0.15) is 0 Å². The Labute approximate surface area is 82.5 Å². The van der Waals surface area contributed by atoms with E-state index in [9.17, 15) is 4.79 Å². The van der Waals surface area contributed by atoms with E-state index in [2.05, 4.69) is 0 Å². The molecule has 1 rings (SSSR count). The summed E-state index contributed by atoms with van der Waals surface area (Å²) in [6.45, 7) is 1.99. The fourth-order valence-corrected chi connectivity index (χ4v) is 0.996. The zero-order valence-corrected chi connectivity index (χ0v) is 8.62. The fourth-order valence-electron chi connectivity index (χ4n) is 0.996. The van der Waals surface area contributed by atoms with Crippen LogP contribution in [0, 0.1) is 6.92 Å². The highest BCUT2D eigenvalue weighted by atomic mass is 79.9. The highest BCUT2D eigenvalue weighted by molar-refractivity contribution is 8.93. The first-order chi connectivity index (χ1) is 5.25. The smallest absolute Gasteiger partial charge is 0.176 e. The van der Waals surface area contributed by atoms with Crippen LogP contribution >= 0.6 is 17.0 Å². The number of hydrogen-bond acceptors (Lipinski definition) is 2. The normalized spacial score (nSPS) is 8.83. The van der Waals surface area contributed by atoms with Gasteiger partial charge in [-0.15, -0.1) is 17.0 Å². The summed E-state index contributed by atoms with van der Waals surface area (Å²) in [6, 6.07) is 7.45. The van der Waals surface area contributed by atoms with Crippen molar-refractivity contribution in [3.05, 3.63) is 35.4 Å². The van der Waals surface area contributed by atoms with Crippen molar-refractivity contribution in [2.45, 2.75) is 6.92 Å². The minimum absolute atomic E-state index is 0. The van der Waals surface area contributed by atoms with Crippen LogP contribution in [0.15, 0.2) is 24.3 Å². The predicted molar refractivity (Wildman–Crippen MR) is 54.9 cm³/mol. The van der Waals surface area contributed by atoms with Crippen LogP contribution in [0.5, 0.6) is 0 Å². The molecule has 0 atom stereocenters. The monoisotopic (exact) mass is 229 g/mol. The number of hydrogen-bond donors (Lipinski definition) is 1. The van der Waals surface area contributed by atoms with Crippen LogP contribution < -0.4 is 5.73 Å². The van der Waals surface area contributed by atoms with E-state index in [4.69, 9.17) is 5.73 Å². The van der Waals surface area contributed by atoms with Gasteiger partial charge < -0.3 is 5.73 Å². The van der Waals surface area contributed by atoms with Gasteiger partial charge in [0.2, 0.25) is 0 Å². The van der Waals surface area contributed by atoms with Gasteiger partial charge in [0.15, 0.2) is 5.78 Å². The van der Waals surface area contributed by atoms with Gasteiger partial charge >= 0.3 is 0 Å². The molecule has 12 heavy (non-hydrogen) atoms. The number of aryl methyl sites for hydroxylation is 1. The standard InChI is InChI=1S/C9H11NO.BrH/c1-7-4-2-3-5-8(7)9(11)6-10;/h2-5H,6,10H2,1H3;1H. The van der Waals surface area contributed by atoms with Crippen molar-refractivity contribution in [2.24, 2.45) is 5.73 Å². The van der Waals surface area contributed by atoms with E-state index in [0.717, 1.165) is 11.1 Å². The zero-order valence-electron chi connectivity index (χ0n) is 6.91. The molecule has 3 heteroatoms. The summed E-state index contributed by atoms with van der Waals surface area (Å²) in [5, 5.41) is 0. The predicted octanol–water partition coefficient (Wildman–Crippen LogP) is 1.71. The maximum Gasteiger partial charge on any atom is 0.176 e. The Morgan fingerprint density at radius 3 is 2.50 bits per heavy atom. The molecule has 2 nitrogen and oxygen atoms in total. The van der Waals surface area contributed by atoms with Gasteiger partial charge in [0.25, 0.3) is 0 Å². The molecule has 0 aliphatic heterocycles. The average Bonchev–Trinajstić information content (AvgIpc) is 2.04. The van der Waals surface area contributed by atoms with Crippen LogP contribution in [-0.2, 0) is 0 Å². The first-order valence-corrected chi connectivity index (χ1v) is 3.54. The number of nitrogens with two attached hydrogens (primary N) is 1. The molecule has 0 amide bonds. The summed E-state index contributed by atoms with van der Waals surface area (Å²) >= 11 is 0. The molecule has 0 aliphatic carbocycles. The second-order valence-electron chi connectivity index (χ2n) is 2.44. The van der Waals surface area contributed by atoms with E-state index in [1.165, 1.54) is 0 Å². The quantitative estimate of drug-likeness (QED) is 0.786.